The monoisotopic (exact) mass is 509 g/mol. The van der Waals surface area contributed by atoms with Crippen molar-refractivity contribution in [2.24, 2.45) is 5.73 Å². The lowest BCUT2D eigenvalue weighted by Crippen LogP contribution is -2.22. The molecule has 0 fully saturated rings. The molecule has 150 valence electrons. The van der Waals surface area contributed by atoms with Crippen molar-refractivity contribution in [3.05, 3.63) is 68.6 Å². The largest absolute Gasteiger partial charge is 0.449 e. The highest BCUT2D eigenvalue weighted by molar-refractivity contribution is 9.10. The van der Waals surface area contributed by atoms with Crippen molar-refractivity contribution in [2.45, 2.75) is 39.3 Å². The summed E-state index contributed by atoms with van der Waals surface area (Å²) in [6, 6.07) is 15.5. The maximum atomic E-state index is 11.9. The Labute approximate surface area is 175 Å². The number of nitrogens with two attached hydrogens (primary N) is 1. The van der Waals surface area contributed by atoms with Crippen molar-refractivity contribution < 1.29 is 18.0 Å². The minimum Gasteiger partial charge on any atom is -0.330 e. The number of carbonyl (C=O) groups excluding carboxylic acids is 1. The van der Waals surface area contributed by atoms with Crippen molar-refractivity contribution in [1.29, 1.82) is 0 Å². The van der Waals surface area contributed by atoms with Gasteiger partial charge in [-0.05, 0) is 61.2 Å². The highest BCUT2D eigenvalue weighted by Crippen LogP contribution is 2.20. The normalized spacial score (nSPS) is 10.4. The Morgan fingerprint density at radius 3 is 1.81 bits per heavy atom. The van der Waals surface area contributed by atoms with Gasteiger partial charge in [-0.3, -0.25) is 4.79 Å². The summed E-state index contributed by atoms with van der Waals surface area (Å²) >= 11 is 6.66. The van der Waals surface area contributed by atoms with Crippen LogP contribution in [0.15, 0.2) is 57.5 Å². The first-order chi connectivity index (χ1) is 12.2. The third-order valence-corrected chi connectivity index (χ3v) is 4.38. The molecule has 2 aromatic carbocycles. The van der Waals surface area contributed by atoms with E-state index in [1.807, 2.05) is 36.4 Å². The van der Waals surface area contributed by atoms with Crippen molar-refractivity contribution in [3.63, 3.8) is 0 Å². The Hall–Kier alpha value is -1.18. The molecule has 0 saturated heterocycles. The molecule has 0 saturated carbocycles. The molecule has 0 radical (unpaired) electrons. The van der Waals surface area contributed by atoms with Crippen LogP contribution >= 0.6 is 31.9 Å². The molecule has 0 unspecified atom stereocenters. The van der Waals surface area contributed by atoms with E-state index < -0.39 is 18.4 Å². The molecule has 0 aliphatic rings. The van der Waals surface area contributed by atoms with Gasteiger partial charge >= 0.3 is 6.18 Å². The predicted octanol–water partition coefficient (Wildman–Crippen LogP) is 6.49. The molecule has 2 nitrogen and oxygen atoms in total. The van der Waals surface area contributed by atoms with Gasteiger partial charge in [-0.25, -0.2) is 0 Å². The Morgan fingerprint density at radius 1 is 0.926 bits per heavy atom. The first kappa shape index (κ1) is 25.8. The Balaban J connectivity index is 0.000000531. The van der Waals surface area contributed by atoms with Gasteiger partial charge in [0.1, 0.15) is 0 Å². The molecule has 0 aliphatic carbocycles. The molecule has 2 aromatic rings. The van der Waals surface area contributed by atoms with Crippen LogP contribution in [0.1, 0.15) is 31.4 Å². The molecular weight excluding hydrogens is 487 g/mol. The molecule has 0 amide bonds. The molecule has 2 N–H and O–H groups in total. The summed E-state index contributed by atoms with van der Waals surface area (Å²) in [6.07, 6.45) is -3.50. The number of alkyl halides is 3. The minimum atomic E-state index is -4.70. The molecule has 2 rings (SSSR count). The average molecular weight is 511 g/mol. The minimum absolute atomic E-state index is 0. The Bertz CT molecular complexity index is 706. The Kier molecular flexibility index (Phi) is 12.5. The topological polar surface area (TPSA) is 43.1 Å². The van der Waals surface area contributed by atoms with Crippen LogP contribution in [0.25, 0.3) is 0 Å². The summed E-state index contributed by atoms with van der Waals surface area (Å²) < 4.78 is 37.7. The van der Waals surface area contributed by atoms with Gasteiger partial charge in [-0.15, -0.1) is 0 Å². The standard InChI is InChI=1S/C11H10BrF3O.C8H10BrN.CH4/c12-9-5-1-3-8(7-9)4-2-6-10(16)11(13,14)15;9-8-3-1-2-7(6-8)4-5-10;/h1,3,5,7H,2,4,6H2;1-3,6H,4-5,10H2;1H4. The third kappa shape index (κ3) is 11.3. The van der Waals surface area contributed by atoms with Crippen molar-refractivity contribution >= 4 is 37.6 Å². The van der Waals surface area contributed by atoms with Crippen molar-refractivity contribution in [1.82, 2.24) is 0 Å². The second-order valence-corrected chi connectivity index (χ2v) is 7.40. The molecular formula is C20H24Br2F3NO. The van der Waals surface area contributed by atoms with Crippen molar-refractivity contribution in [3.8, 4) is 0 Å². The van der Waals surface area contributed by atoms with E-state index in [2.05, 4.69) is 44.0 Å². The molecule has 27 heavy (non-hydrogen) atoms. The average Bonchev–Trinajstić information content (AvgIpc) is 2.55. The number of rotatable bonds is 6. The molecule has 7 heteroatoms. The molecule has 0 heterocycles. The number of carbonyl (C=O) groups is 1. The summed E-state index contributed by atoms with van der Waals surface area (Å²) in [7, 11) is 0. The third-order valence-electron chi connectivity index (χ3n) is 3.40. The van der Waals surface area contributed by atoms with Gasteiger partial charge < -0.3 is 5.73 Å². The van der Waals surface area contributed by atoms with Crippen LogP contribution in [0.5, 0.6) is 0 Å². The second-order valence-electron chi connectivity index (χ2n) is 5.57. The number of halogens is 5. The SMILES string of the molecule is C.NCCc1cccc(Br)c1.O=C(CCCc1cccc(Br)c1)C(F)(F)F. The zero-order valence-electron chi connectivity index (χ0n) is 14.0. The van der Waals surface area contributed by atoms with Gasteiger partial charge in [0.05, 0.1) is 0 Å². The van der Waals surface area contributed by atoms with E-state index >= 15 is 0 Å². The zero-order chi connectivity index (χ0) is 19.6. The van der Waals surface area contributed by atoms with Gasteiger partial charge in [-0.2, -0.15) is 13.2 Å². The van der Waals surface area contributed by atoms with Gasteiger partial charge in [0.15, 0.2) is 0 Å². The van der Waals surface area contributed by atoms with Crippen LogP contribution in [0.2, 0.25) is 0 Å². The van der Waals surface area contributed by atoms with Crippen LogP contribution in [-0.4, -0.2) is 18.5 Å². The fourth-order valence-corrected chi connectivity index (χ4v) is 3.04. The molecule has 0 atom stereocenters. The van der Waals surface area contributed by atoms with Crippen molar-refractivity contribution in [2.75, 3.05) is 6.54 Å². The maximum absolute atomic E-state index is 11.9. The van der Waals surface area contributed by atoms with E-state index in [-0.39, 0.29) is 13.8 Å². The van der Waals surface area contributed by atoms with Crippen LogP contribution in [-0.2, 0) is 17.6 Å². The highest BCUT2D eigenvalue weighted by Gasteiger charge is 2.37. The first-order valence-corrected chi connectivity index (χ1v) is 9.60. The molecule has 0 spiro atoms. The maximum Gasteiger partial charge on any atom is 0.449 e. The predicted molar refractivity (Wildman–Crippen MR) is 112 cm³/mol. The molecule has 0 bridgehead atoms. The number of hydrogen-bond donors (Lipinski definition) is 1. The molecule has 0 aromatic heterocycles. The molecule has 0 aliphatic heterocycles. The van der Waals surface area contributed by atoms with E-state index in [4.69, 9.17) is 5.73 Å². The highest BCUT2D eigenvalue weighted by atomic mass is 79.9. The smallest absolute Gasteiger partial charge is 0.330 e. The van der Waals surface area contributed by atoms with E-state index in [9.17, 15) is 18.0 Å². The van der Waals surface area contributed by atoms with Crippen LogP contribution in [0.3, 0.4) is 0 Å². The number of benzene rings is 2. The fraction of sp³-hybridized carbons (Fsp3) is 0.350. The summed E-state index contributed by atoms with van der Waals surface area (Å²) in [5, 5.41) is 0. The lowest BCUT2D eigenvalue weighted by Gasteiger charge is -2.05. The van der Waals surface area contributed by atoms with Gasteiger partial charge in [0, 0.05) is 15.4 Å². The summed E-state index contributed by atoms with van der Waals surface area (Å²) in [6.45, 7) is 0.719. The number of aryl methyl sites for hydroxylation is 1. The number of ketones is 1. The fourth-order valence-electron chi connectivity index (χ4n) is 2.15. The van der Waals surface area contributed by atoms with E-state index in [1.165, 1.54) is 5.56 Å². The van der Waals surface area contributed by atoms with E-state index in [0.29, 0.717) is 6.42 Å². The lowest BCUT2D eigenvalue weighted by molar-refractivity contribution is -0.171. The van der Waals surface area contributed by atoms with Crippen LogP contribution < -0.4 is 5.73 Å². The Morgan fingerprint density at radius 2 is 1.41 bits per heavy atom. The summed E-state index contributed by atoms with van der Waals surface area (Å²) in [4.78, 5) is 10.6. The van der Waals surface area contributed by atoms with Crippen LogP contribution in [0, 0.1) is 0 Å². The van der Waals surface area contributed by atoms with Gasteiger partial charge in [0.2, 0.25) is 5.78 Å². The van der Waals surface area contributed by atoms with Gasteiger partial charge in [0.25, 0.3) is 0 Å². The quantitative estimate of drug-likeness (QED) is 0.482. The first-order valence-electron chi connectivity index (χ1n) is 8.01. The lowest BCUT2D eigenvalue weighted by atomic mass is 10.1. The second kappa shape index (κ2) is 13.1. The number of hydrogen-bond acceptors (Lipinski definition) is 2. The van der Waals surface area contributed by atoms with Crippen LogP contribution in [0.4, 0.5) is 13.2 Å². The summed E-state index contributed by atoms with van der Waals surface area (Å²) in [5.41, 5.74) is 7.60. The van der Waals surface area contributed by atoms with Gasteiger partial charge in [-0.1, -0.05) is 63.6 Å². The number of Topliss-reactive ketones (excluding diaryl/α,β-unsaturated/α-hetero) is 1. The van der Waals surface area contributed by atoms with E-state index in [1.54, 1.807) is 0 Å². The zero-order valence-corrected chi connectivity index (χ0v) is 17.2. The summed E-state index contributed by atoms with van der Waals surface area (Å²) in [5.74, 6) is -1.65. The van der Waals surface area contributed by atoms with E-state index in [0.717, 1.165) is 27.5 Å².